The highest BCUT2D eigenvalue weighted by Gasteiger charge is 1.98. The Hall–Kier alpha value is 0.826. The zero-order valence-electron chi connectivity index (χ0n) is 3.72. The van der Waals surface area contributed by atoms with Gasteiger partial charge in [-0.05, 0) is 11.5 Å². The van der Waals surface area contributed by atoms with Crippen LogP contribution < -0.4 is 0 Å². The van der Waals surface area contributed by atoms with Gasteiger partial charge >= 0.3 is 8.03 Å². The molecular weight excluding hydrogens is 111 g/mol. The normalized spacial score (nSPS) is 9.33. The molecule has 0 aromatic rings. The molecule has 1 N–H and O–H groups in total. The Kier molecular flexibility index (Phi) is 9.66. The van der Waals surface area contributed by atoms with Crippen LogP contribution in [0.25, 0.3) is 0 Å². The van der Waals surface area contributed by atoms with Crippen LogP contribution >= 0.6 is 8.03 Å². The number of hydrogen-bond donors (Lipinski definition) is 1. The minimum atomic E-state index is -1.85. The van der Waals surface area contributed by atoms with E-state index in [2.05, 4.69) is 0 Å². The Morgan fingerprint density at radius 2 is 2.00 bits per heavy atom. The Labute approximate surface area is 54.0 Å². The van der Waals surface area contributed by atoms with E-state index >= 15 is 0 Å². The fourth-order valence-corrected chi connectivity index (χ4v) is 0. The maximum Gasteiger partial charge on any atom is 0.505 e. The molecule has 0 amide bonds. The third-order valence-electron chi connectivity index (χ3n) is 0.271. The van der Waals surface area contributed by atoms with Gasteiger partial charge in [0.25, 0.3) is 0 Å². The topological polar surface area (TPSA) is 37.3 Å². The van der Waals surface area contributed by atoms with Gasteiger partial charge < -0.3 is 0 Å². The van der Waals surface area contributed by atoms with E-state index in [0.717, 1.165) is 0 Å². The molecule has 32 valence electrons. The van der Waals surface area contributed by atoms with Crippen molar-refractivity contribution in [3.05, 3.63) is 0 Å². The predicted molar refractivity (Wildman–Crippen MR) is 26.1 cm³/mol. The first kappa shape index (κ1) is 9.95. The quantitative estimate of drug-likeness (QED) is 0.398. The lowest BCUT2D eigenvalue weighted by molar-refractivity contribution is 0.504. The van der Waals surface area contributed by atoms with E-state index in [4.69, 9.17) is 4.89 Å². The van der Waals surface area contributed by atoms with Crippen molar-refractivity contribution >= 4 is 31.1 Å². The van der Waals surface area contributed by atoms with E-state index in [1.807, 2.05) is 0 Å². The molecule has 0 aliphatic heterocycles. The molecule has 0 bridgehead atoms. The van der Waals surface area contributed by atoms with Crippen LogP contribution in [0.5, 0.6) is 0 Å². The average Bonchev–Trinajstić information content (AvgIpc) is 1.38. The minimum Gasteiger partial charge on any atom is -0.161 e. The van der Waals surface area contributed by atoms with E-state index in [1.165, 1.54) is 0 Å². The molecule has 1 atom stereocenters. The van der Waals surface area contributed by atoms with Crippen molar-refractivity contribution in [2.24, 2.45) is 0 Å². The molecule has 0 heterocycles. The van der Waals surface area contributed by atoms with Crippen LogP contribution in [-0.4, -0.2) is 34.1 Å². The molecule has 0 fully saturated rings. The summed E-state index contributed by atoms with van der Waals surface area (Å²) in [5.74, 6) is 0. The molecule has 0 saturated heterocycles. The highest BCUT2D eigenvalue weighted by molar-refractivity contribution is 7.37. The SMILES string of the molecule is CC[P+](=O)O.[Mg]. The van der Waals surface area contributed by atoms with Gasteiger partial charge in [0.2, 0.25) is 0 Å². The van der Waals surface area contributed by atoms with Crippen molar-refractivity contribution in [2.45, 2.75) is 6.92 Å². The third-order valence-corrected chi connectivity index (χ3v) is 0.812. The summed E-state index contributed by atoms with van der Waals surface area (Å²) in [5.41, 5.74) is 0. The van der Waals surface area contributed by atoms with Gasteiger partial charge in [0, 0.05) is 23.1 Å². The van der Waals surface area contributed by atoms with Gasteiger partial charge in [0.05, 0.1) is 0 Å². The second kappa shape index (κ2) is 5.83. The van der Waals surface area contributed by atoms with Gasteiger partial charge in [0.15, 0.2) is 6.16 Å². The maximum atomic E-state index is 9.52. The average molecular weight is 117 g/mol. The fourth-order valence-electron chi connectivity index (χ4n) is 0. The lowest BCUT2D eigenvalue weighted by Crippen LogP contribution is -1.56. The third kappa shape index (κ3) is 8.85. The molecule has 4 heteroatoms. The Morgan fingerprint density at radius 1 is 1.83 bits per heavy atom. The van der Waals surface area contributed by atoms with Crippen molar-refractivity contribution in [1.29, 1.82) is 0 Å². The lowest BCUT2D eigenvalue weighted by atomic mass is 11.0. The van der Waals surface area contributed by atoms with Crippen LogP contribution in [0.3, 0.4) is 0 Å². The van der Waals surface area contributed by atoms with Gasteiger partial charge in [0.1, 0.15) is 0 Å². The first-order chi connectivity index (χ1) is 2.27. The summed E-state index contributed by atoms with van der Waals surface area (Å²) in [7, 11) is -1.85. The van der Waals surface area contributed by atoms with Crippen LogP contribution in [0.1, 0.15) is 6.92 Å². The summed E-state index contributed by atoms with van der Waals surface area (Å²) >= 11 is 0. The summed E-state index contributed by atoms with van der Waals surface area (Å²) in [6.45, 7) is 1.67. The number of rotatable bonds is 1. The second-order valence-corrected chi connectivity index (χ2v) is 2.01. The van der Waals surface area contributed by atoms with Gasteiger partial charge in [-0.25, -0.2) is 0 Å². The zero-order valence-corrected chi connectivity index (χ0v) is 6.03. The smallest absolute Gasteiger partial charge is 0.161 e. The molecule has 2 radical (unpaired) electrons. The summed E-state index contributed by atoms with van der Waals surface area (Å²) in [6.07, 6.45) is 0.370. The first-order valence-electron chi connectivity index (χ1n) is 1.41. The van der Waals surface area contributed by atoms with Gasteiger partial charge in [-0.3, -0.25) is 0 Å². The van der Waals surface area contributed by atoms with Crippen molar-refractivity contribution < 1.29 is 9.46 Å². The van der Waals surface area contributed by atoms with E-state index in [-0.39, 0.29) is 23.1 Å². The van der Waals surface area contributed by atoms with Crippen LogP contribution in [-0.2, 0) is 4.57 Å². The standard InChI is InChI=1S/C2H5O2P.Mg/c1-2-5(3)4;/h2H2,1H3;/p+1. The van der Waals surface area contributed by atoms with Crippen molar-refractivity contribution in [3.63, 3.8) is 0 Å². The van der Waals surface area contributed by atoms with Gasteiger partial charge in [-0.15, -0.1) is 0 Å². The van der Waals surface area contributed by atoms with Gasteiger partial charge in [-0.2, -0.15) is 4.89 Å². The van der Waals surface area contributed by atoms with E-state index in [0.29, 0.717) is 6.16 Å². The minimum absolute atomic E-state index is 0. The summed E-state index contributed by atoms with van der Waals surface area (Å²) in [6, 6.07) is 0. The second-order valence-electron chi connectivity index (χ2n) is 0.668. The molecule has 6 heavy (non-hydrogen) atoms. The fraction of sp³-hybridized carbons (Fsp3) is 1.00. The molecule has 0 rings (SSSR count). The maximum absolute atomic E-state index is 9.52. The highest BCUT2D eigenvalue weighted by Crippen LogP contribution is 2.08. The molecule has 0 aromatic carbocycles. The van der Waals surface area contributed by atoms with E-state index < -0.39 is 8.03 Å². The molecule has 2 nitrogen and oxygen atoms in total. The first-order valence-corrected chi connectivity index (χ1v) is 2.80. The van der Waals surface area contributed by atoms with Crippen molar-refractivity contribution in [1.82, 2.24) is 0 Å². The Balaban J connectivity index is 0. The van der Waals surface area contributed by atoms with E-state index in [9.17, 15) is 4.57 Å². The van der Waals surface area contributed by atoms with Crippen LogP contribution in [0.4, 0.5) is 0 Å². The van der Waals surface area contributed by atoms with Crippen LogP contribution in [0.15, 0.2) is 0 Å². The molecule has 0 aromatic heterocycles. The van der Waals surface area contributed by atoms with Crippen molar-refractivity contribution in [3.8, 4) is 0 Å². The molecule has 0 aliphatic rings. The molecule has 0 spiro atoms. The molecular formula is C2H6MgO2P+. The summed E-state index contributed by atoms with van der Waals surface area (Å²) < 4.78 is 9.52. The Bertz CT molecular complexity index is 46.8. The zero-order chi connectivity index (χ0) is 4.28. The molecule has 0 saturated carbocycles. The monoisotopic (exact) mass is 117 g/mol. The number of hydrogen-bond acceptors (Lipinski definition) is 1. The lowest BCUT2D eigenvalue weighted by Gasteiger charge is -1.53. The van der Waals surface area contributed by atoms with E-state index in [1.54, 1.807) is 6.92 Å². The van der Waals surface area contributed by atoms with Crippen LogP contribution in [0.2, 0.25) is 0 Å². The van der Waals surface area contributed by atoms with Crippen molar-refractivity contribution in [2.75, 3.05) is 6.16 Å². The van der Waals surface area contributed by atoms with Crippen LogP contribution in [0, 0.1) is 0 Å². The molecule has 0 aliphatic carbocycles. The summed E-state index contributed by atoms with van der Waals surface area (Å²) in [4.78, 5) is 7.87. The van der Waals surface area contributed by atoms with Gasteiger partial charge in [-0.1, -0.05) is 0 Å². The Morgan fingerprint density at radius 3 is 2.00 bits per heavy atom. The molecule has 1 unspecified atom stereocenters. The largest absolute Gasteiger partial charge is 0.505 e. The summed E-state index contributed by atoms with van der Waals surface area (Å²) in [5, 5.41) is 0. The predicted octanol–water partition coefficient (Wildman–Crippen LogP) is 0.360. The highest BCUT2D eigenvalue weighted by atomic mass is 31.1.